The molecule has 0 saturated carbocycles. The maximum atomic E-state index is 12.8. The number of carbonyl (C=O) groups is 1. The Balaban J connectivity index is 2.34. The number of unbranched alkanes of at least 4 members (excludes halogenated alkanes) is 5. The zero-order valence-corrected chi connectivity index (χ0v) is 18.2. The number of benzene rings is 1. The number of esters is 1. The molecule has 0 N–H and O–H groups in total. The van der Waals surface area contributed by atoms with E-state index >= 15 is 0 Å². The Kier molecular flexibility index (Phi) is 9.06. The Bertz CT molecular complexity index is 701. The summed E-state index contributed by atoms with van der Waals surface area (Å²) >= 11 is 1.81. The van der Waals surface area contributed by atoms with Crippen molar-refractivity contribution in [3.05, 3.63) is 45.6 Å². The van der Waals surface area contributed by atoms with Crippen molar-refractivity contribution < 1.29 is 9.53 Å². The minimum Gasteiger partial charge on any atom is -0.462 e. The van der Waals surface area contributed by atoms with E-state index < -0.39 is 0 Å². The third-order valence-corrected chi connectivity index (χ3v) is 6.38. The number of carbonyl (C=O) groups excluding carboxylic acids is 1. The fraction of sp³-hybridized carbons (Fsp3) is 0.542. The fourth-order valence-electron chi connectivity index (χ4n) is 3.46. The molecule has 3 heteroatoms. The monoisotopic (exact) mass is 386 g/mol. The molecule has 148 valence electrons. The van der Waals surface area contributed by atoms with Crippen LogP contribution in [0.3, 0.4) is 0 Å². The average Bonchev–Trinajstić information content (AvgIpc) is 3.05. The summed E-state index contributed by atoms with van der Waals surface area (Å²) in [6.07, 6.45) is 8.74. The molecule has 1 aromatic carbocycles. The number of hydrogen-bond donors (Lipinski definition) is 0. The van der Waals surface area contributed by atoms with Gasteiger partial charge >= 0.3 is 5.97 Å². The summed E-state index contributed by atoms with van der Waals surface area (Å²) < 4.78 is 5.43. The molecule has 0 radical (unpaired) electrons. The lowest BCUT2D eigenvalue weighted by Crippen LogP contribution is -2.08. The highest BCUT2D eigenvalue weighted by atomic mass is 32.1. The summed E-state index contributed by atoms with van der Waals surface area (Å²) in [5, 5.41) is 0. The van der Waals surface area contributed by atoms with Gasteiger partial charge in [0, 0.05) is 15.3 Å². The lowest BCUT2D eigenvalue weighted by atomic mass is 9.95. The number of thiophene rings is 1. The van der Waals surface area contributed by atoms with E-state index in [4.69, 9.17) is 4.74 Å². The van der Waals surface area contributed by atoms with E-state index in [9.17, 15) is 4.79 Å². The lowest BCUT2D eigenvalue weighted by molar-refractivity contribution is 0.0526. The summed E-state index contributed by atoms with van der Waals surface area (Å²) in [6, 6.07) is 10.3. The molecule has 0 amide bonds. The highest BCUT2D eigenvalue weighted by Gasteiger charge is 2.26. The van der Waals surface area contributed by atoms with Crippen LogP contribution in [0.1, 0.15) is 92.3 Å². The van der Waals surface area contributed by atoms with Gasteiger partial charge in [-0.15, -0.1) is 11.3 Å². The zero-order valence-electron chi connectivity index (χ0n) is 17.3. The summed E-state index contributed by atoms with van der Waals surface area (Å²) in [5.74, 6) is 0.140. The van der Waals surface area contributed by atoms with Gasteiger partial charge in [0.25, 0.3) is 0 Å². The number of aryl methyl sites for hydroxylation is 1. The van der Waals surface area contributed by atoms with Crippen LogP contribution in [0.25, 0.3) is 11.1 Å². The molecule has 0 aliphatic carbocycles. The smallest absolute Gasteiger partial charge is 0.339 e. The van der Waals surface area contributed by atoms with Gasteiger partial charge in [-0.25, -0.2) is 4.79 Å². The molecule has 1 aromatic heterocycles. The topological polar surface area (TPSA) is 26.3 Å². The van der Waals surface area contributed by atoms with E-state index in [-0.39, 0.29) is 5.97 Å². The van der Waals surface area contributed by atoms with Crippen molar-refractivity contribution in [2.45, 2.75) is 78.6 Å². The van der Waals surface area contributed by atoms with E-state index in [0.29, 0.717) is 12.5 Å². The van der Waals surface area contributed by atoms with Crippen LogP contribution in [-0.2, 0) is 11.2 Å². The first-order chi connectivity index (χ1) is 13.1. The quantitative estimate of drug-likeness (QED) is 0.293. The lowest BCUT2D eigenvalue weighted by Gasteiger charge is -2.10. The van der Waals surface area contributed by atoms with Gasteiger partial charge in [-0.1, -0.05) is 83.2 Å². The second kappa shape index (κ2) is 11.3. The maximum Gasteiger partial charge on any atom is 0.339 e. The van der Waals surface area contributed by atoms with Gasteiger partial charge in [-0.05, 0) is 31.2 Å². The highest BCUT2D eigenvalue weighted by Crippen LogP contribution is 2.41. The maximum absolute atomic E-state index is 12.8. The van der Waals surface area contributed by atoms with Crippen molar-refractivity contribution in [2.24, 2.45) is 0 Å². The van der Waals surface area contributed by atoms with Crippen molar-refractivity contribution in [1.82, 2.24) is 0 Å². The molecule has 0 aliphatic rings. The second-order valence-corrected chi connectivity index (χ2v) is 8.54. The number of rotatable bonds is 11. The molecule has 2 rings (SSSR count). The van der Waals surface area contributed by atoms with Gasteiger partial charge in [0.2, 0.25) is 0 Å². The van der Waals surface area contributed by atoms with Crippen LogP contribution >= 0.6 is 11.3 Å². The normalized spacial score (nSPS) is 11.1. The molecule has 0 aliphatic heterocycles. The molecule has 0 unspecified atom stereocenters. The molecule has 0 bridgehead atoms. The van der Waals surface area contributed by atoms with Crippen molar-refractivity contribution in [2.75, 3.05) is 6.61 Å². The van der Waals surface area contributed by atoms with Crippen LogP contribution in [0.5, 0.6) is 0 Å². The summed E-state index contributed by atoms with van der Waals surface area (Å²) in [4.78, 5) is 15.3. The SMILES string of the molecule is CCCCCCCCc1sc(C(C)C)c(C(=O)OCC)c1-c1ccccc1. The minimum absolute atomic E-state index is 0.175. The van der Waals surface area contributed by atoms with Gasteiger partial charge < -0.3 is 4.74 Å². The van der Waals surface area contributed by atoms with Crippen molar-refractivity contribution in [1.29, 1.82) is 0 Å². The van der Waals surface area contributed by atoms with E-state index in [1.807, 2.05) is 36.5 Å². The Morgan fingerprint density at radius 2 is 1.67 bits per heavy atom. The molecule has 2 aromatic rings. The van der Waals surface area contributed by atoms with E-state index in [2.05, 4.69) is 32.9 Å². The summed E-state index contributed by atoms with van der Waals surface area (Å²) in [7, 11) is 0. The van der Waals surface area contributed by atoms with E-state index in [1.165, 1.54) is 43.4 Å². The Morgan fingerprint density at radius 3 is 2.30 bits per heavy atom. The van der Waals surface area contributed by atoms with Gasteiger partial charge in [0.05, 0.1) is 12.2 Å². The van der Waals surface area contributed by atoms with Crippen LogP contribution in [0.2, 0.25) is 0 Å². The first-order valence-corrected chi connectivity index (χ1v) is 11.3. The van der Waals surface area contributed by atoms with Crippen molar-refractivity contribution in [3.8, 4) is 11.1 Å². The first kappa shape index (κ1) is 21.7. The number of hydrogen-bond acceptors (Lipinski definition) is 3. The van der Waals surface area contributed by atoms with Gasteiger partial charge in [-0.3, -0.25) is 0 Å². The molecular weight excluding hydrogens is 352 g/mol. The van der Waals surface area contributed by atoms with Crippen LogP contribution in [0, 0.1) is 0 Å². The molecule has 0 saturated heterocycles. The Labute approximate surface area is 169 Å². The van der Waals surface area contributed by atoms with Crippen LogP contribution in [-0.4, -0.2) is 12.6 Å². The zero-order chi connectivity index (χ0) is 19.6. The largest absolute Gasteiger partial charge is 0.462 e. The molecule has 1 heterocycles. The first-order valence-electron chi connectivity index (χ1n) is 10.5. The van der Waals surface area contributed by atoms with Crippen LogP contribution in [0.4, 0.5) is 0 Å². The van der Waals surface area contributed by atoms with E-state index in [1.54, 1.807) is 0 Å². The predicted octanol–water partition coefficient (Wildman–Crippen LogP) is 7.62. The summed E-state index contributed by atoms with van der Waals surface area (Å²) in [6.45, 7) is 8.86. The van der Waals surface area contributed by atoms with Crippen LogP contribution in [0.15, 0.2) is 30.3 Å². The third kappa shape index (κ3) is 5.93. The molecular formula is C24H34O2S. The standard InChI is InChI=1S/C24H34O2S/c1-5-7-8-9-10-14-17-20-21(19-15-12-11-13-16-19)22(24(25)26-6-2)23(27-20)18(3)4/h11-13,15-16,18H,5-10,14,17H2,1-4H3. The average molecular weight is 387 g/mol. The van der Waals surface area contributed by atoms with Crippen molar-refractivity contribution in [3.63, 3.8) is 0 Å². The molecule has 0 atom stereocenters. The molecule has 0 fully saturated rings. The summed E-state index contributed by atoms with van der Waals surface area (Å²) in [5.41, 5.74) is 3.03. The minimum atomic E-state index is -0.175. The number of ether oxygens (including phenoxy) is 1. The fourth-order valence-corrected chi connectivity index (χ4v) is 4.82. The van der Waals surface area contributed by atoms with Gasteiger partial charge in [0.15, 0.2) is 0 Å². The third-order valence-electron chi connectivity index (χ3n) is 4.83. The molecule has 0 spiro atoms. The molecule has 2 nitrogen and oxygen atoms in total. The highest BCUT2D eigenvalue weighted by molar-refractivity contribution is 7.13. The molecule has 27 heavy (non-hydrogen) atoms. The van der Waals surface area contributed by atoms with E-state index in [0.717, 1.165) is 28.0 Å². The second-order valence-electron chi connectivity index (χ2n) is 7.40. The Morgan fingerprint density at radius 1 is 1.00 bits per heavy atom. The van der Waals surface area contributed by atoms with Crippen LogP contribution < -0.4 is 0 Å². The van der Waals surface area contributed by atoms with Crippen molar-refractivity contribution >= 4 is 17.3 Å². The van der Waals surface area contributed by atoms with Gasteiger partial charge in [0.1, 0.15) is 0 Å². The predicted molar refractivity (Wildman–Crippen MR) is 117 cm³/mol. The Hall–Kier alpha value is -1.61. The van der Waals surface area contributed by atoms with Gasteiger partial charge in [-0.2, -0.15) is 0 Å².